The molecule has 0 saturated heterocycles. The fourth-order valence-corrected chi connectivity index (χ4v) is 2.89. The Morgan fingerprint density at radius 3 is 2.76 bits per heavy atom. The van der Waals surface area contributed by atoms with Gasteiger partial charge < -0.3 is 9.84 Å². The van der Waals surface area contributed by atoms with Crippen LogP contribution in [0.1, 0.15) is 30.0 Å². The Hall–Kier alpha value is -1.95. The minimum atomic E-state index is 0.0494. The minimum absolute atomic E-state index is 0.0494. The van der Waals surface area contributed by atoms with Crippen molar-refractivity contribution in [3.8, 4) is 0 Å². The van der Waals surface area contributed by atoms with Gasteiger partial charge in [0.25, 0.3) is 0 Å². The van der Waals surface area contributed by atoms with E-state index in [2.05, 4.69) is 43.3 Å². The molecule has 3 aromatic rings. The first-order chi connectivity index (χ1) is 10.1. The van der Waals surface area contributed by atoms with Crippen molar-refractivity contribution in [2.24, 2.45) is 0 Å². The number of halogens is 1. The molecule has 1 N–H and O–H groups in total. The van der Waals surface area contributed by atoms with Gasteiger partial charge in [-0.05, 0) is 39.0 Å². The molecule has 0 aliphatic heterocycles. The summed E-state index contributed by atoms with van der Waals surface area (Å²) in [5, 5.41) is 8.40. The summed E-state index contributed by atoms with van der Waals surface area (Å²) in [6.45, 7) is 5.93. The van der Waals surface area contributed by atoms with Crippen molar-refractivity contribution in [1.82, 2.24) is 15.1 Å². The average Bonchev–Trinajstić information content (AvgIpc) is 2.79. The molecule has 0 fully saturated rings. The summed E-state index contributed by atoms with van der Waals surface area (Å²) >= 11 is 3.49. The van der Waals surface area contributed by atoms with Gasteiger partial charge in [-0.3, -0.25) is 0 Å². The fourth-order valence-electron chi connectivity index (χ4n) is 2.53. The van der Waals surface area contributed by atoms with E-state index in [1.54, 1.807) is 6.33 Å². The molecule has 0 spiro atoms. The number of rotatable bonds is 3. The maximum absolute atomic E-state index is 5.23. The van der Waals surface area contributed by atoms with Crippen LogP contribution in [-0.2, 0) is 0 Å². The Morgan fingerprint density at radius 2 is 2.05 bits per heavy atom. The predicted molar refractivity (Wildman–Crippen MR) is 85.3 cm³/mol. The van der Waals surface area contributed by atoms with Crippen LogP contribution in [0.3, 0.4) is 0 Å². The Labute approximate surface area is 130 Å². The highest BCUT2D eigenvalue weighted by atomic mass is 79.9. The highest BCUT2D eigenvalue weighted by Gasteiger charge is 2.17. The standard InChI is InChI=1S/C15H15BrN4O/c1-8(14-9(2)20-21-10(14)3)19-15-12-6-11(16)4-5-13(12)17-7-18-15/h4-8H,1-3H3,(H,17,18,19). The normalized spacial score (nSPS) is 12.6. The van der Waals surface area contributed by atoms with E-state index >= 15 is 0 Å². The largest absolute Gasteiger partial charge is 0.363 e. The Kier molecular flexibility index (Phi) is 3.63. The van der Waals surface area contributed by atoms with Crippen LogP contribution in [0.15, 0.2) is 33.5 Å². The molecule has 2 heterocycles. The summed E-state index contributed by atoms with van der Waals surface area (Å²) < 4.78 is 6.23. The Morgan fingerprint density at radius 1 is 1.24 bits per heavy atom. The fraction of sp³-hybridized carbons (Fsp3) is 0.267. The van der Waals surface area contributed by atoms with Crippen molar-refractivity contribution in [2.75, 3.05) is 5.32 Å². The van der Waals surface area contributed by atoms with Gasteiger partial charge in [-0.1, -0.05) is 21.1 Å². The summed E-state index contributed by atoms with van der Waals surface area (Å²) in [6.07, 6.45) is 1.57. The van der Waals surface area contributed by atoms with Crippen molar-refractivity contribution in [2.45, 2.75) is 26.8 Å². The second-order valence-corrected chi connectivity index (χ2v) is 5.90. The lowest BCUT2D eigenvalue weighted by Gasteiger charge is -2.15. The number of aryl methyl sites for hydroxylation is 2. The summed E-state index contributed by atoms with van der Waals surface area (Å²) in [4.78, 5) is 8.65. The van der Waals surface area contributed by atoms with Crippen LogP contribution >= 0.6 is 15.9 Å². The zero-order chi connectivity index (χ0) is 15.0. The minimum Gasteiger partial charge on any atom is -0.363 e. The third kappa shape index (κ3) is 2.63. The molecule has 5 nitrogen and oxygen atoms in total. The third-order valence-electron chi connectivity index (χ3n) is 3.47. The molecular formula is C15H15BrN4O. The Balaban J connectivity index is 2.00. The lowest BCUT2D eigenvalue weighted by atomic mass is 10.1. The van der Waals surface area contributed by atoms with Gasteiger partial charge in [0.2, 0.25) is 0 Å². The van der Waals surface area contributed by atoms with E-state index in [-0.39, 0.29) is 6.04 Å². The first-order valence-corrected chi connectivity index (χ1v) is 7.45. The highest BCUT2D eigenvalue weighted by molar-refractivity contribution is 9.10. The Bertz CT molecular complexity index is 780. The van der Waals surface area contributed by atoms with Gasteiger partial charge in [0.1, 0.15) is 17.9 Å². The quantitative estimate of drug-likeness (QED) is 0.770. The average molecular weight is 347 g/mol. The van der Waals surface area contributed by atoms with E-state index in [4.69, 9.17) is 4.52 Å². The molecule has 2 aromatic heterocycles. The number of nitrogens with one attached hydrogen (secondary N) is 1. The van der Waals surface area contributed by atoms with Gasteiger partial charge in [-0.2, -0.15) is 0 Å². The van der Waals surface area contributed by atoms with Crippen molar-refractivity contribution in [1.29, 1.82) is 0 Å². The van der Waals surface area contributed by atoms with Crippen LogP contribution in [0.5, 0.6) is 0 Å². The lowest BCUT2D eigenvalue weighted by molar-refractivity contribution is 0.392. The lowest BCUT2D eigenvalue weighted by Crippen LogP contribution is -2.10. The number of fused-ring (bicyclic) bond motifs is 1. The van der Waals surface area contributed by atoms with Crippen LogP contribution in [0.2, 0.25) is 0 Å². The molecule has 0 radical (unpaired) electrons. The molecule has 108 valence electrons. The van der Waals surface area contributed by atoms with E-state index < -0.39 is 0 Å². The highest BCUT2D eigenvalue weighted by Crippen LogP contribution is 2.28. The summed E-state index contributed by atoms with van der Waals surface area (Å²) in [7, 11) is 0. The molecule has 0 saturated carbocycles. The van der Waals surface area contributed by atoms with E-state index in [1.807, 2.05) is 32.0 Å². The van der Waals surface area contributed by atoms with E-state index in [9.17, 15) is 0 Å². The molecule has 0 amide bonds. The number of aromatic nitrogens is 3. The van der Waals surface area contributed by atoms with Crippen molar-refractivity contribution in [3.63, 3.8) is 0 Å². The van der Waals surface area contributed by atoms with Crippen LogP contribution < -0.4 is 5.32 Å². The number of nitrogens with zero attached hydrogens (tertiary/aromatic N) is 3. The number of anilines is 1. The number of hydrogen-bond donors (Lipinski definition) is 1. The van der Waals surface area contributed by atoms with E-state index in [0.29, 0.717) is 0 Å². The molecule has 1 unspecified atom stereocenters. The smallest absolute Gasteiger partial charge is 0.139 e. The van der Waals surface area contributed by atoms with Gasteiger partial charge in [0.15, 0.2) is 0 Å². The monoisotopic (exact) mass is 346 g/mol. The zero-order valence-corrected chi connectivity index (χ0v) is 13.6. The van der Waals surface area contributed by atoms with Crippen molar-refractivity contribution >= 4 is 32.7 Å². The van der Waals surface area contributed by atoms with Crippen LogP contribution in [0.4, 0.5) is 5.82 Å². The molecule has 0 aliphatic rings. The summed E-state index contributed by atoms with van der Waals surface area (Å²) in [5.74, 6) is 1.63. The zero-order valence-electron chi connectivity index (χ0n) is 12.0. The molecule has 1 atom stereocenters. The molecule has 6 heteroatoms. The first-order valence-electron chi connectivity index (χ1n) is 6.66. The summed E-state index contributed by atoms with van der Waals surface area (Å²) in [5.41, 5.74) is 2.87. The molecule has 0 bridgehead atoms. The molecule has 1 aromatic carbocycles. The van der Waals surface area contributed by atoms with Gasteiger partial charge in [-0.15, -0.1) is 0 Å². The van der Waals surface area contributed by atoms with Gasteiger partial charge in [-0.25, -0.2) is 9.97 Å². The second kappa shape index (κ2) is 5.44. The maximum Gasteiger partial charge on any atom is 0.139 e. The maximum atomic E-state index is 5.23. The van der Waals surface area contributed by atoms with Gasteiger partial charge >= 0.3 is 0 Å². The summed E-state index contributed by atoms with van der Waals surface area (Å²) in [6, 6.07) is 6.00. The van der Waals surface area contributed by atoms with Crippen LogP contribution in [0.25, 0.3) is 10.9 Å². The van der Waals surface area contributed by atoms with E-state index in [0.717, 1.165) is 38.2 Å². The second-order valence-electron chi connectivity index (χ2n) is 4.99. The van der Waals surface area contributed by atoms with Crippen LogP contribution in [-0.4, -0.2) is 15.1 Å². The van der Waals surface area contributed by atoms with Crippen LogP contribution in [0, 0.1) is 13.8 Å². The topological polar surface area (TPSA) is 63.8 Å². The molecule has 3 rings (SSSR count). The van der Waals surface area contributed by atoms with Gasteiger partial charge in [0.05, 0.1) is 17.3 Å². The van der Waals surface area contributed by atoms with E-state index in [1.165, 1.54) is 0 Å². The molecule has 0 aliphatic carbocycles. The third-order valence-corrected chi connectivity index (χ3v) is 3.97. The SMILES string of the molecule is Cc1noc(C)c1C(C)Nc1ncnc2ccc(Br)cc12. The number of hydrogen-bond acceptors (Lipinski definition) is 5. The van der Waals surface area contributed by atoms with Gasteiger partial charge in [0, 0.05) is 15.4 Å². The predicted octanol–water partition coefficient (Wildman–Crippen LogP) is 4.17. The van der Waals surface area contributed by atoms with Crippen molar-refractivity contribution in [3.05, 3.63) is 46.0 Å². The van der Waals surface area contributed by atoms with Crippen molar-refractivity contribution < 1.29 is 4.52 Å². The molecular weight excluding hydrogens is 332 g/mol. The molecule has 21 heavy (non-hydrogen) atoms. The first kappa shape index (κ1) is 14.0. The number of benzene rings is 1.